The second-order valence-electron chi connectivity index (χ2n) is 3.78. The molecule has 0 N–H and O–H groups in total. The molecule has 1 unspecified atom stereocenters. The third-order valence-corrected chi connectivity index (χ3v) is 4.95. The Morgan fingerprint density at radius 2 is 1.67 bits per heavy atom. The van der Waals surface area contributed by atoms with Gasteiger partial charge < -0.3 is 9.05 Å². The van der Waals surface area contributed by atoms with Crippen LogP contribution in [0.5, 0.6) is 0 Å². The number of hydrogen-bond acceptors (Lipinski definition) is 4. The van der Waals surface area contributed by atoms with Gasteiger partial charge in [0.05, 0.1) is 13.2 Å². The molecular weight excluding hydrogens is 251 g/mol. The van der Waals surface area contributed by atoms with Crippen molar-refractivity contribution in [1.82, 2.24) is 0 Å². The zero-order valence-electron chi connectivity index (χ0n) is 11.0. The number of Topliss-reactive ketones (excluding diaryl/α,β-unsaturated/α-hetero) is 1. The minimum atomic E-state index is -3.38. The minimum Gasteiger partial charge on any atom is -0.308 e. The van der Waals surface area contributed by atoms with Crippen molar-refractivity contribution in [3.63, 3.8) is 0 Å². The van der Waals surface area contributed by atoms with E-state index in [-0.39, 0.29) is 19.0 Å². The fourth-order valence-electron chi connectivity index (χ4n) is 1.61. The molecule has 0 fully saturated rings. The van der Waals surface area contributed by atoms with Gasteiger partial charge in [0, 0.05) is 5.56 Å². The van der Waals surface area contributed by atoms with Crippen LogP contribution >= 0.6 is 7.60 Å². The Balaban J connectivity index is 2.93. The molecule has 100 valence electrons. The first-order chi connectivity index (χ1) is 8.55. The molecule has 18 heavy (non-hydrogen) atoms. The molecule has 0 amide bonds. The van der Waals surface area contributed by atoms with Crippen LogP contribution in [-0.2, 0) is 13.6 Å². The SMILES string of the molecule is CCOP(=O)(OCC)C(C)C(=O)c1ccccc1. The van der Waals surface area contributed by atoms with E-state index >= 15 is 0 Å². The zero-order valence-corrected chi connectivity index (χ0v) is 11.9. The smallest absolute Gasteiger partial charge is 0.308 e. The molecule has 0 saturated heterocycles. The average Bonchev–Trinajstić information content (AvgIpc) is 2.38. The van der Waals surface area contributed by atoms with Crippen LogP contribution in [0.2, 0.25) is 0 Å². The fraction of sp³-hybridized carbons (Fsp3) is 0.462. The number of ketones is 1. The molecule has 0 aromatic heterocycles. The summed E-state index contributed by atoms with van der Waals surface area (Å²) in [5.41, 5.74) is -0.274. The van der Waals surface area contributed by atoms with Gasteiger partial charge in [-0.1, -0.05) is 30.3 Å². The van der Waals surface area contributed by atoms with E-state index < -0.39 is 13.3 Å². The molecule has 4 nitrogen and oxygen atoms in total. The van der Waals surface area contributed by atoms with Crippen LogP contribution in [0.1, 0.15) is 31.1 Å². The van der Waals surface area contributed by atoms with E-state index in [0.717, 1.165) is 0 Å². The summed E-state index contributed by atoms with van der Waals surface area (Å²) in [4.78, 5) is 12.2. The van der Waals surface area contributed by atoms with Gasteiger partial charge in [-0.2, -0.15) is 0 Å². The Morgan fingerprint density at radius 1 is 1.17 bits per heavy atom. The van der Waals surface area contributed by atoms with E-state index in [0.29, 0.717) is 5.56 Å². The molecular formula is C13H19O4P. The Bertz CT molecular complexity index is 420. The number of benzene rings is 1. The second kappa shape index (κ2) is 6.83. The van der Waals surface area contributed by atoms with Gasteiger partial charge in [-0.05, 0) is 20.8 Å². The van der Waals surface area contributed by atoms with Gasteiger partial charge in [0.15, 0.2) is 5.78 Å². The molecule has 0 saturated carbocycles. The van der Waals surface area contributed by atoms with Crippen molar-refractivity contribution in [2.24, 2.45) is 0 Å². The van der Waals surface area contributed by atoms with Crippen molar-refractivity contribution in [3.8, 4) is 0 Å². The van der Waals surface area contributed by atoms with E-state index in [2.05, 4.69) is 0 Å². The quantitative estimate of drug-likeness (QED) is 0.562. The third kappa shape index (κ3) is 3.52. The maximum absolute atomic E-state index is 12.5. The van der Waals surface area contributed by atoms with Gasteiger partial charge >= 0.3 is 7.60 Å². The zero-order chi connectivity index (χ0) is 13.6. The predicted molar refractivity (Wildman–Crippen MR) is 71.1 cm³/mol. The molecule has 0 aliphatic carbocycles. The summed E-state index contributed by atoms with van der Waals surface area (Å²) in [5, 5.41) is 0. The van der Waals surface area contributed by atoms with E-state index in [1.54, 1.807) is 45.0 Å². The molecule has 0 aliphatic rings. The van der Waals surface area contributed by atoms with Crippen LogP contribution in [0.3, 0.4) is 0 Å². The lowest BCUT2D eigenvalue weighted by Crippen LogP contribution is -2.20. The molecule has 1 aromatic rings. The van der Waals surface area contributed by atoms with E-state index in [4.69, 9.17) is 9.05 Å². The average molecular weight is 270 g/mol. The van der Waals surface area contributed by atoms with Crippen LogP contribution in [0.25, 0.3) is 0 Å². The topological polar surface area (TPSA) is 52.6 Å². The van der Waals surface area contributed by atoms with Gasteiger partial charge in [-0.25, -0.2) is 0 Å². The Morgan fingerprint density at radius 3 is 2.11 bits per heavy atom. The van der Waals surface area contributed by atoms with E-state index in [1.807, 2.05) is 6.07 Å². The first-order valence-corrected chi connectivity index (χ1v) is 7.64. The van der Waals surface area contributed by atoms with Crippen LogP contribution in [0.15, 0.2) is 30.3 Å². The predicted octanol–water partition coefficient (Wildman–Crippen LogP) is 3.52. The van der Waals surface area contributed by atoms with Gasteiger partial charge in [0.2, 0.25) is 0 Å². The van der Waals surface area contributed by atoms with Crippen LogP contribution in [-0.4, -0.2) is 24.7 Å². The van der Waals surface area contributed by atoms with E-state index in [1.165, 1.54) is 0 Å². The number of carbonyl (C=O) groups excluding carboxylic acids is 1. The normalized spacial score (nSPS) is 13.3. The summed E-state index contributed by atoms with van der Waals surface area (Å²) in [7, 11) is -3.38. The molecule has 0 spiro atoms. The summed E-state index contributed by atoms with van der Waals surface area (Å²) in [6.45, 7) is 5.55. The van der Waals surface area contributed by atoms with Crippen LogP contribution < -0.4 is 0 Å². The van der Waals surface area contributed by atoms with Crippen molar-refractivity contribution < 1.29 is 18.4 Å². The number of rotatable bonds is 7. The molecule has 0 heterocycles. The highest BCUT2D eigenvalue weighted by atomic mass is 31.2. The first kappa shape index (κ1) is 15.1. The lowest BCUT2D eigenvalue weighted by Gasteiger charge is -2.22. The van der Waals surface area contributed by atoms with Crippen LogP contribution in [0, 0.1) is 0 Å². The summed E-state index contributed by atoms with van der Waals surface area (Å²) >= 11 is 0. The Labute approximate surface area is 108 Å². The molecule has 5 heteroatoms. The van der Waals surface area contributed by atoms with Gasteiger partial charge in [0.1, 0.15) is 5.66 Å². The summed E-state index contributed by atoms with van der Waals surface area (Å²) in [5.74, 6) is -0.221. The van der Waals surface area contributed by atoms with Crippen molar-refractivity contribution in [2.45, 2.75) is 26.4 Å². The highest BCUT2D eigenvalue weighted by Crippen LogP contribution is 2.53. The first-order valence-electron chi connectivity index (χ1n) is 6.03. The van der Waals surface area contributed by atoms with Crippen molar-refractivity contribution in [3.05, 3.63) is 35.9 Å². The minimum absolute atomic E-state index is 0.221. The third-order valence-electron chi connectivity index (χ3n) is 2.53. The van der Waals surface area contributed by atoms with Crippen molar-refractivity contribution in [1.29, 1.82) is 0 Å². The molecule has 1 atom stereocenters. The fourth-order valence-corrected chi connectivity index (χ4v) is 3.29. The second-order valence-corrected chi connectivity index (χ2v) is 6.15. The molecule has 0 radical (unpaired) electrons. The Kier molecular flexibility index (Phi) is 5.73. The summed E-state index contributed by atoms with van der Waals surface area (Å²) in [6, 6.07) is 8.76. The maximum Gasteiger partial charge on any atom is 0.341 e. The van der Waals surface area contributed by atoms with Gasteiger partial charge in [0.25, 0.3) is 0 Å². The van der Waals surface area contributed by atoms with Gasteiger partial charge in [-0.15, -0.1) is 0 Å². The molecule has 1 rings (SSSR count). The maximum atomic E-state index is 12.5. The standard InChI is InChI=1S/C13H19O4P/c1-4-16-18(15,17-5-2)11(3)13(14)12-9-7-6-8-10-12/h6-11H,4-5H2,1-3H3. The number of carbonyl (C=O) groups is 1. The molecule has 0 aliphatic heterocycles. The highest BCUT2D eigenvalue weighted by Gasteiger charge is 2.37. The summed E-state index contributed by atoms with van der Waals surface area (Å²) < 4.78 is 22.8. The summed E-state index contributed by atoms with van der Waals surface area (Å²) in [6.07, 6.45) is 0. The largest absolute Gasteiger partial charge is 0.341 e. The molecule has 0 bridgehead atoms. The molecule has 1 aromatic carbocycles. The monoisotopic (exact) mass is 270 g/mol. The van der Waals surface area contributed by atoms with Gasteiger partial charge in [-0.3, -0.25) is 9.36 Å². The lowest BCUT2D eigenvalue weighted by atomic mass is 10.1. The van der Waals surface area contributed by atoms with E-state index in [9.17, 15) is 9.36 Å². The highest BCUT2D eigenvalue weighted by molar-refractivity contribution is 7.55. The van der Waals surface area contributed by atoms with Crippen molar-refractivity contribution in [2.75, 3.05) is 13.2 Å². The van der Waals surface area contributed by atoms with Crippen LogP contribution in [0.4, 0.5) is 0 Å². The Hall–Kier alpha value is -0.960. The lowest BCUT2D eigenvalue weighted by molar-refractivity contribution is 0.0973. The van der Waals surface area contributed by atoms with Crippen molar-refractivity contribution >= 4 is 13.4 Å². The number of hydrogen-bond donors (Lipinski definition) is 0.